The Morgan fingerprint density at radius 3 is 2.42 bits per heavy atom. The van der Waals surface area contributed by atoms with Crippen molar-refractivity contribution in [3.8, 4) is 11.5 Å². The molecule has 9 heteroatoms. The van der Waals surface area contributed by atoms with Gasteiger partial charge in [-0.1, -0.05) is 44.2 Å². The first kappa shape index (κ1) is 24.2. The number of ether oxygens (including phenoxy) is 2. The van der Waals surface area contributed by atoms with E-state index in [-0.39, 0.29) is 4.90 Å². The molecule has 0 atom stereocenters. The molecule has 0 saturated heterocycles. The van der Waals surface area contributed by atoms with E-state index in [1.165, 1.54) is 16.6 Å². The summed E-state index contributed by atoms with van der Waals surface area (Å²) in [6.07, 6.45) is 2.94. The van der Waals surface area contributed by atoms with Crippen molar-refractivity contribution in [1.29, 1.82) is 0 Å². The molecule has 0 radical (unpaired) electrons. The van der Waals surface area contributed by atoms with Crippen LogP contribution in [0.1, 0.15) is 25.0 Å². The third-order valence-electron chi connectivity index (χ3n) is 4.90. The number of hydrogen-bond acceptors (Lipinski definition) is 7. The summed E-state index contributed by atoms with van der Waals surface area (Å²) < 4.78 is 37.8. The van der Waals surface area contributed by atoms with Crippen LogP contribution in [0.5, 0.6) is 11.5 Å². The molecule has 2 aromatic carbocycles. The van der Waals surface area contributed by atoms with Gasteiger partial charge < -0.3 is 9.47 Å². The predicted octanol–water partition coefficient (Wildman–Crippen LogP) is 4.15. The third kappa shape index (κ3) is 6.30. The average molecular weight is 469 g/mol. The second kappa shape index (κ2) is 11.4. The van der Waals surface area contributed by atoms with Gasteiger partial charge in [0.2, 0.25) is 10.0 Å². The first-order valence-corrected chi connectivity index (χ1v) is 12.0. The zero-order chi connectivity index (χ0) is 23.7. The van der Waals surface area contributed by atoms with E-state index in [1.54, 1.807) is 33.2 Å². The molecule has 1 N–H and O–H groups in total. The van der Waals surface area contributed by atoms with Gasteiger partial charge in [0.25, 0.3) is 0 Å². The lowest BCUT2D eigenvalue weighted by atomic mass is 10.2. The highest BCUT2D eigenvalue weighted by atomic mass is 32.2. The minimum atomic E-state index is -3.54. The van der Waals surface area contributed by atoms with E-state index in [2.05, 4.69) is 15.5 Å². The Morgan fingerprint density at radius 2 is 1.79 bits per heavy atom. The summed E-state index contributed by atoms with van der Waals surface area (Å²) in [6, 6.07) is 18.5. The zero-order valence-electron chi connectivity index (χ0n) is 18.9. The normalized spacial score (nSPS) is 11.6. The Kier molecular flexibility index (Phi) is 8.39. The average Bonchev–Trinajstić information content (AvgIpc) is 2.84. The number of methoxy groups -OCH3 is 1. The summed E-state index contributed by atoms with van der Waals surface area (Å²) in [6.45, 7) is 4.86. The van der Waals surface area contributed by atoms with Crippen LogP contribution < -0.4 is 14.9 Å². The number of rotatable bonds is 11. The molecule has 0 amide bonds. The van der Waals surface area contributed by atoms with Crippen LogP contribution in [0.15, 0.2) is 76.9 Å². The molecule has 174 valence electrons. The molecule has 1 aromatic heterocycles. The number of pyridine rings is 1. The van der Waals surface area contributed by atoms with Crippen LogP contribution in [0.4, 0.5) is 5.82 Å². The van der Waals surface area contributed by atoms with Crippen LogP contribution in [0.3, 0.4) is 0 Å². The lowest BCUT2D eigenvalue weighted by molar-refractivity contribution is 0.284. The number of sulfonamides is 1. The number of anilines is 1. The number of benzene rings is 2. The minimum Gasteiger partial charge on any atom is -0.493 e. The third-order valence-corrected chi connectivity index (χ3v) is 6.93. The molecular weight excluding hydrogens is 440 g/mol. The Hall–Kier alpha value is -3.43. The highest BCUT2D eigenvalue weighted by Crippen LogP contribution is 2.28. The molecule has 3 rings (SSSR count). The van der Waals surface area contributed by atoms with Gasteiger partial charge in [0, 0.05) is 19.3 Å². The molecule has 0 aliphatic rings. The van der Waals surface area contributed by atoms with Gasteiger partial charge in [-0.15, -0.1) is 0 Å². The monoisotopic (exact) mass is 468 g/mol. The van der Waals surface area contributed by atoms with Gasteiger partial charge in [0.05, 0.1) is 13.3 Å². The maximum absolute atomic E-state index is 12.5. The molecule has 0 saturated carbocycles. The van der Waals surface area contributed by atoms with E-state index in [9.17, 15) is 8.42 Å². The summed E-state index contributed by atoms with van der Waals surface area (Å²) in [5.74, 6) is 1.66. The largest absolute Gasteiger partial charge is 0.493 e. The molecule has 0 spiro atoms. The SMILES string of the molecule is CCN(CC)S(=O)(=O)c1ccc(N/N=C/c2ccc(OCc3ccccc3)c(OC)c2)nc1. The van der Waals surface area contributed by atoms with Gasteiger partial charge in [-0.3, -0.25) is 5.43 Å². The summed E-state index contributed by atoms with van der Waals surface area (Å²) in [4.78, 5) is 4.30. The van der Waals surface area contributed by atoms with E-state index >= 15 is 0 Å². The molecule has 1 heterocycles. The molecule has 8 nitrogen and oxygen atoms in total. The van der Waals surface area contributed by atoms with Crippen LogP contribution >= 0.6 is 0 Å². The van der Waals surface area contributed by atoms with Crippen molar-refractivity contribution in [3.63, 3.8) is 0 Å². The van der Waals surface area contributed by atoms with Gasteiger partial charge in [0.1, 0.15) is 17.3 Å². The maximum Gasteiger partial charge on any atom is 0.244 e. The first-order chi connectivity index (χ1) is 16.0. The van der Waals surface area contributed by atoms with Crippen molar-refractivity contribution in [3.05, 3.63) is 78.0 Å². The molecule has 0 aliphatic heterocycles. The van der Waals surface area contributed by atoms with E-state index in [4.69, 9.17) is 9.47 Å². The van der Waals surface area contributed by atoms with Crippen LogP contribution in [0, 0.1) is 0 Å². The van der Waals surface area contributed by atoms with Gasteiger partial charge >= 0.3 is 0 Å². The van der Waals surface area contributed by atoms with Crippen molar-refractivity contribution in [2.24, 2.45) is 5.10 Å². The molecule has 0 aliphatic carbocycles. The highest BCUT2D eigenvalue weighted by Gasteiger charge is 2.21. The van der Waals surface area contributed by atoms with Crippen molar-refractivity contribution in [2.45, 2.75) is 25.3 Å². The number of hydrazone groups is 1. The lowest BCUT2D eigenvalue weighted by Gasteiger charge is -2.18. The molecule has 0 bridgehead atoms. The van der Waals surface area contributed by atoms with Crippen molar-refractivity contribution in [2.75, 3.05) is 25.6 Å². The maximum atomic E-state index is 12.5. The second-order valence-corrected chi connectivity index (χ2v) is 8.96. The second-order valence-electron chi connectivity index (χ2n) is 7.02. The Balaban J connectivity index is 1.63. The van der Waals surface area contributed by atoms with Crippen molar-refractivity contribution in [1.82, 2.24) is 9.29 Å². The molecule has 0 fully saturated rings. The Labute approximate surface area is 194 Å². The minimum absolute atomic E-state index is 0.150. The topological polar surface area (TPSA) is 93.1 Å². The molecular formula is C24H28N4O4S. The molecule has 0 unspecified atom stereocenters. The van der Waals surface area contributed by atoms with E-state index in [0.29, 0.717) is 37.0 Å². The summed E-state index contributed by atoms with van der Waals surface area (Å²) in [5, 5.41) is 4.18. The van der Waals surface area contributed by atoms with E-state index < -0.39 is 10.0 Å². The fourth-order valence-electron chi connectivity index (χ4n) is 3.10. The van der Waals surface area contributed by atoms with Crippen molar-refractivity contribution < 1.29 is 17.9 Å². The summed E-state index contributed by atoms with van der Waals surface area (Å²) in [7, 11) is -1.95. The fourth-order valence-corrected chi connectivity index (χ4v) is 4.51. The van der Waals surface area contributed by atoms with Gasteiger partial charge in [-0.05, 0) is 41.5 Å². The van der Waals surface area contributed by atoms with Crippen LogP contribution in [0.25, 0.3) is 0 Å². The van der Waals surface area contributed by atoms with Gasteiger partial charge in [-0.2, -0.15) is 9.41 Å². The standard InChI is InChI=1S/C24H28N4O4S/c1-4-28(5-2)33(29,30)21-12-14-24(25-17-21)27-26-16-20-11-13-22(23(15-20)31-3)32-18-19-9-7-6-8-10-19/h6-17H,4-5,18H2,1-3H3,(H,25,27)/b26-16+. The Bertz CT molecular complexity index is 1160. The number of hydrogen-bond donors (Lipinski definition) is 1. The predicted molar refractivity (Wildman–Crippen MR) is 129 cm³/mol. The summed E-state index contributed by atoms with van der Waals surface area (Å²) in [5.41, 5.74) is 4.67. The number of nitrogens with zero attached hydrogens (tertiary/aromatic N) is 3. The zero-order valence-corrected chi connectivity index (χ0v) is 19.7. The van der Waals surface area contributed by atoms with Crippen LogP contribution in [0.2, 0.25) is 0 Å². The smallest absolute Gasteiger partial charge is 0.244 e. The number of nitrogens with one attached hydrogen (secondary N) is 1. The first-order valence-electron chi connectivity index (χ1n) is 10.6. The van der Waals surface area contributed by atoms with Gasteiger partial charge in [0.15, 0.2) is 11.5 Å². The van der Waals surface area contributed by atoms with Crippen LogP contribution in [-0.4, -0.2) is 44.1 Å². The van der Waals surface area contributed by atoms with E-state index in [0.717, 1.165) is 11.1 Å². The Morgan fingerprint density at radius 1 is 1.03 bits per heavy atom. The molecule has 3 aromatic rings. The van der Waals surface area contributed by atoms with E-state index in [1.807, 2.05) is 48.5 Å². The molecule has 33 heavy (non-hydrogen) atoms. The quantitative estimate of drug-likeness (QED) is 0.336. The fraction of sp³-hybridized carbons (Fsp3) is 0.250. The van der Waals surface area contributed by atoms with Crippen LogP contribution in [-0.2, 0) is 16.6 Å². The number of aromatic nitrogens is 1. The lowest BCUT2D eigenvalue weighted by Crippen LogP contribution is -2.30. The van der Waals surface area contributed by atoms with Gasteiger partial charge in [-0.25, -0.2) is 13.4 Å². The summed E-state index contributed by atoms with van der Waals surface area (Å²) >= 11 is 0. The van der Waals surface area contributed by atoms with Crippen molar-refractivity contribution >= 4 is 22.1 Å². The highest BCUT2D eigenvalue weighted by molar-refractivity contribution is 7.89.